The zero-order chi connectivity index (χ0) is 13.1. The van der Waals surface area contributed by atoms with Gasteiger partial charge in [-0.2, -0.15) is 0 Å². The van der Waals surface area contributed by atoms with Crippen molar-refractivity contribution in [1.29, 1.82) is 0 Å². The normalized spacial score (nSPS) is 34.6. The summed E-state index contributed by atoms with van der Waals surface area (Å²) in [6.45, 7) is 2.46. The molecule has 0 N–H and O–H groups in total. The number of nitrogens with zero attached hydrogens (tertiary/aromatic N) is 1. The maximum Gasteiger partial charge on any atom is 0.0794 e. The van der Waals surface area contributed by atoms with Crippen LogP contribution in [0.5, 0.6) is 0 Å². The fourth-order valence-electron chi connectivity index (χ4n) is 3.83. The Kier molecular flexibility index (Phi) is 4.17. The van der Waals surface area contributed by atoms with E-state index in [1.165, 1.54) is 37.0 Å². The van der Waals surface area contributed by atoms with Gasteiger partial charge in [0.1, 0.15) is 0 Å². The molecule has 0 aromatic carbocycles. The zero-order valence-corrected chi connectivity index (χ0v) is 12.5. The number of allylic oxidation sites excluding steroid dienone is 4. The predicted molar refractivity (Wildman–Crippen MR) is 82.2 cm³/mol. The van der Waals surface area contributed by atoms with Gasteiger partial charge in [-0.3, -0.25) is 4.98 Å². The third kappa shape index (κ3) is 3.00. The molecule has 4 atom stereocenters. The summed E-state index contributed by atoms with van der Waals surface area (Å²) in [6, 6.07) is 0. The van der Waals surface area contributed by atoms with E-state index in [1.807, 2.05) is 11.7 Å². The van der Waals surface area contributed by atoms with Crippen LogP contribution in [0.3, 0.4) is 0 Å². The Morgan fingerprint density at radius 1 is 1.21 bits per heavy atom. The third-order valence-corrected chi connectivity index (χ3v) is 5.69. The Bertz CT molecular complexity index is 446. The lowest BCUT2D eigenvalue weighted by Gasteiger charge is -2.38. The van der Waals surface area contributed by atoms with Gasteiger partial charge in [0, 0.05) is 11.1 Å². The van der Waals surface area contributed by atoms with Crippen molar-refractivity contribution in [3.05, 3.63) is 40.9 Å². The summed E-state index contributed by atoms with van der Waals surface area (Å²) in [6.07, 6.45) is 18.3. The fraction of sp³-hybridized carbons (Fsp3) is 0.588. The summed E-state index contributed by atoms with van der Waals surface area (Å²) in [5.41, 5.74) is 1.95. The van der Waals surface area contributed by atoms with Crippen LogP contribution in [-0.4, -0.2) is 4.98 Å². The van der Waals surface area contributed by atoms with Crippen molar-refractivity contribution in [3.63, 3.8) is 0 Å². The lowest BCUT2D eigenvalue weighted by molar-refractivity contribution is 0.172. The molecule has 0 aliphatic heterocycles. The largest absolute Gasteiger partial charge is 0.253 e. The minimum atomic E-state index is 0.677. The summed E-state index contributed by atoms with van der Waals surface area (Å²) in [4.78, 5) is 5.65. The van der Waals surface area contributed by atoms with Crippen LogP contribution in [0.25, 0.3) is 0 Å². The SMILES string of the molecule is C[C@@H]1CCCC[C@H]1C1C=CC=CC1Cc1cncs1. The van der Waals surface area contributed by atoms with Crippen LogP contribution >= 0.6 is 11.3 Å². The molecule has 3 rings (SSSR count). The monoisotopic (exact) mass is 273 g/mol. The fourth-order valence-corrected chi connectivity index (χ4v) is 4.49. The van der Waals surface area contributed by atoms with Gasteiger partial charge in [-0.15, -0.1) is 11.3 Å². The molecule has 2 aliphatic rings. The van der Waals surface area contributed by atoms with E-state index in [0.29, 0.717) is 5.92 Å². The second-order valence-corrected chi connectivity index (χ2v) is 7.08. The summed E-state index contributed by atoms with van der Waals surface area (Å²) >= 11 is 1.80. The number of hydrogen-bond donors (Lipinski definition) is 0. The maximum absolute atomic E-state index is 4.22. The second-order valence-electron chi connectivity index (χ2n) is 6.11. The third-order valence-electron chi connectivity index (χ3n) is 4.89. The average molecular weight is 273 g/mol. The molecule has 1 fully saturated rings. The summed E-state index contributed by atoms with van der Waals surface area (Å²) in [5, 5.41) is 0. The molecule has 2 heteroatoms. The quantitative estimate of drug-likeness (QED) is 0.765. The van der Waals surface area contributed by atoms with Crippen molar-refractivity contribution >= 4 is 11.3 Å². The highest BCUT2D eigenvalue weighted by Gasteiger charge is 2.32. The lowest BCUT2D eigenvalue weighted by Crippen LogP contribution is -2.30. The molecule has 19 heavy (non-hydrogen) atoms. The summed E-state index contributed by atoms with van der Waals surface area (Å²) in [5.74, 6) is 3.19. The molecule has 1 nitrogen and oxygen atoms in total. The molecule has 0 bridgehead atoms. The second kappa shape index (κ2) is 6.04. The van der Waals surface area contributed by atoms with Gasteiger partial charge < -0.3 is 0 Å². The molecule has 0 saturated heterocycles. The lowest BCUT2D eigenvalue weighted by atomic mass is 9.67. The van der Waals surface area contributed by atoms with Crippen molar-refractivity contribution in [2.75, 3.05) is 0 Å². The van der Waals surface area contributed by atoms with E-state index in [9.17, 15) is 0 Å². The molecular weight excluding hydrogens is 250 g/mol. The van der Waals surface area contributed by atoms with E-state index >= 15 is 0 Å². The standard InChI is InChI=1S/C17H23NS/c1-13-6-2-4-8-16(13)17-9-5-3-7-14(17)10-15-11-18-12-19-15/h3,5,7,9,11-14,16-17H,2,4,6,8,10H2,1H3/t13-,14?,16-,17?/m1/s1. The number of aromatic nitrogens is 1. The van der Waals surface area contributed by atoms with Crippen LogP contribution in [0.2, 0.25) is 0 Å². The minimum absolute atomic E-state index is 0.677. The van der Waals surface area contributed by atoms with Gasteiger partial charge in [0.05, 0.1) is 5.51 Å². The van der Waals surface area contributed by atoms with Gasteiger partial charge in [-0.1, -0.05) is 50.5 Å². The van der Waals surface area contributed by atoms with Gasteiger partial charge >= 0.3 is 0 Å². The minimum Gasteiger partial charge on any atom is -0.253 e. The zero-order valence-electron chi connectivity index (χ0n) is 11.7. The van der Waals surface area contributed by atoms with Crippen LogP contribution in [0.15, 0.2) is 36.0 Å². The van der Waals surface area contributed by atoms with Crippen LogP contribution in [0.4, 0.5) is 0 Å². The average Bonchev–Trinajstić information content (AvgIpc) is 2.93. The molecule has 1 saturated carbocycles. The van der Waals surface area contributed by atoms with Crippen LogP contribution in [0.1, 0.15) is 37.5 Å². The van der Waals surface area contributed by atoms with E-state index in [1.54, 1.807) is 11.3 Å². The highest BCUT2D eigenvalue weighted by Crippen LogP contribution is 2.41. The molecular formula is C17H23NS. The van der Waals surface area contributed by atoms with Gasteiger partial charge in [0.15, 0.2) is 0 Å². The van der Waals surface area contributed by atoms with Gasteiger partial charge in [0.2, 0.25) is 0 Å². The predicted octanol–water partition coefficient (Wildman–Crippen LogP) is 4.87. The van der Waals surface area contributed by atoms with Crippen LogP contribution in [0, 0.1) is 23.7 Å². The Morgan fingerprint density at radius 2 is 2.05 bits per heavy atom. The van der Waals surface area contributed by atoms with Crippen LogP contribution < -0.4 is 0 Å². The van der Waals surface area contributed by atoms with Crippen molar-refractivity contribution < 1.29 is 0 Å². The van der Waals surface area contributed by atoms with E-state index in [0.717, 1.165) is 17.8 Å². The first-order valence-corrected chi connectivity index (χ1v) is 8.45. The number of rotatable bonds is 3. The van der Waals surface area contributed by atoms with Crippen molar-refractivity contribution in [3.8, 4) is 0 Å². The number of hydrogen-bond acceptors (Lipinski definition) is 2. The first-order valence-electron chi connectivity index (χ1n) is 7.57. The van der Waals surface area contributed by atoms with Gasteiger partial charge in [0.25, 0.3) is 0 Å². The van der Waals surface area contributed by atoms with E-state index < -0.39 is 0 Å². The Hall–Kier alpha value is -0.890. The summed E-state index contributed by atoms with van der Waals surface area (Å²) < 4.78 is 0. The van der Waals surface area contributed by atoms with E-state index in [4.69, 9.17) is 0 Å². The number of thiazole rings is 1. The van der Waals surface area contributed by atoms with Crippen molar-refractivity contribution in [1.82, 2.24) is 4.98 Å². The van der Waals surface area contributed by atoms with Gasteiger partial charge in [-0.05, 0) is 36.5 Å². The molecule has 1 aromatic rings. The Labute approximate surface area is 120 Å². The molecule has 2 aliphatic carbocycles. The topological polar surface area (TPSA) is 12.9 Å². The first-order chi connectivity index (χ1) is 9.34. The maximum atomic E-state index is 4.22. The molecule has 1 heterocycles. The molecule has 1 aromatic heterocycles. The molecule has 0 spiro atoms. The molecule has 102 valence electrons. The molecule has 0 radical (unpaired) electrons. The van der Waals surface area contributed by atoms with Crippen molar-refractivity contribution in [2.24, 2.45) is 23.7 Å². The summed E-state index contributed by atoms with van der Waals surface area (Å²) in [7, 11) is 0. The van der Waals surface area contributed by atoms with E-state index in [-0.39, 0.29) is 0 Å². The van der Waals surface area contributed by atoms with E-state index in [2.05, 4.69) is 36.2 Å². The highest BCUT2D eigenvalue weighted by molar-refractivity contribution is 7.09. The Morgan fingerprint density at radius 3 is 2.84 bits per heavy atom. The first kappa shape index (κ1) is 13.1. The van der Waals surface area contributed by atoms with Crippen LogP contribution in [-0.2, 0) is 6.42 Å². The highest BCUT2D eigenvalue weighted by atomic mass is 32.1. The van der Waals surface area contributed by atoms with Gasteiger partial charge in [-0.25, -0.2) is 0 Å². The molecule has 0 amide bonds. The molecule has 2 unspecified atom stereocenters. The van der Waals surface area contributed by atoms with Crippen molar-refractivity contribution in [2.45, 2.75) is 39.0 Å². The smallest absolute Gasteiger partial charge is 0.0794 e. The Balaban J connectivity index is 1.74.